The van der Waals surface area contributed by atoms with Crippen molar-refractivity contribution in [3.8, 4) is 0 Å². The highest BCUT2D eigenvalue weighted by Crippen LogP contribution is 2.42. The first kappa shape index (κ1) is 8.10. The summed E-state index contributed by atoms with van der Waals surface area (Å²) in [7, 11) is 0. The quantitative estimate of drug-likeness (QED) is 0.655. The normalized spacial score (nSPS) is 29.6. The van der Waals surface area contributed by atoms with Gasteiger partial charge in [-0.25, -0.2) is 0 Å². The molecule has 2 aliphatic rings. The summed E-state index contributed by atoms with van der Waals surface area (Å²) in [5.41, 5.74) is 1.43. The largest absolute Gasteiger partial charge is 0.498 e. The molecule has 1 aliphatic carbocycles. The average Bonchev–Trinajstić information content (AvgIpc) is 2.78. The van der Waals surface area contributed by atoms with Crippen molar-refractivity contribution >= 4 is 0 Å². The molecule has 1 saturated heterocycles. The number of hydrogen-bond donors (Lipinski definition) is 0. The number of fused-ring (bicyclic) bond motifs is 1. The van der Waals surface area contributed by atoms with Crippen LogP contribution in [0.2, 0.25) is 0 Å². The van der Waals surface area contributed by atoms with Gasteiger partial charge in [0, 0.05) is 11.8 Å². The summed E-state index contributed by atoms with van der Waals surface area (Å²) in [5, 5.41) is 0. The Labute approximate surface area is 84.4 Å². The van der Waals surface area contributed by atoms with Crippen molar-refractivity contribution in [2.45, 2.75) is 18.8 Å². The summed E-state index contributed by atoms with van der Waals surface area (Å²) in [6.07, 6.45) is 4.78. The molecule has 1 aromatic rings. The second-order valence-corrected chi connectivity index (χ2v) is 4.16. The maximum atomic E-state index is 5.59. The molecule has 1 heterocycles. The van der Waals surface area contributed by atoms with Gasteiger partial charge >= 0.3 is 0 Å². The molecule has 0 saturated carbocycles. The van der Waals surface area contributed by atoms with E-state index in [1.165, 1.54) is 24.2 Å². The third kappa shape index (κ3) is 1.24. The van der Waals surface area contributed by atoms with E-state index in [1.807, 2.05) is 0 Å². The fourth-order valence-corrected chi connectivity index (χ4v) is 2.50. The molecule has 1 fully saturated rings. The average molecular weight is 186 g/mol. The number of allylic oxidation sites excluding steroid dienone is 2. The highest BCUT2D eigenvalue weighted by Gasteiger charge is 2.32. The molecular formula is C13H14O. The molecule has 0 unspecified atom stereocenters. The minimum Gasteiger partial charge on any atom is -0.498 e. The van der Waals surface area contributed by atoms with Crippen LogP contribution in [-0.2, 0) is 4.74 Å². The van der Waals surface area contributed by atoms with E-state index in [1.54, 1.807) is 0 Å². The number of rotatable bonds is 1. The zero-order chi connectivity index (χ0) is 9.38. The Morgan fingerprint density at radius 2 is 2.00 bits per heavy atom. The molecule has 1 nitrogen and oxygen atoms in total. The van der Waals surface area contributed by atoms with E-state index in [9.17, 15) is 0 Å². The Morgan fingerprint density at radius 3 is 2.79 bits per heavy atom. The summed E-state index contributed by atoms with van der Waals surface area (Å²) in [5.74, 6) is 2.55. The van der Waals surface area contributed by atoms with Crippen LogP contribution in [0.25, 0.3) is 0 Å². The summed E-state index contributed by atoms with van der Waals surface area (Å²) in [4.78, 5) is 0. The second kappa shape index (κ2) is 3.16. The summed E-state index contributed by atoms with van der Waals surface area (Å²) >= 11 is 0. The molecule has 1 aliphatic heterocycles. The Morgan fingerprint density at radius 1 is 1.14 bits per heavy atom. The third-order valence-electron chi connectivity index (χ3n) is 3.27. The van der Waals surface area contributed by atoms with Gasteiger partial charge in [-0.3, -0.25) is 0 Å². The summed E-state index contributed by atoms with van der Waals surface area (Å²) in [6.45, 7) is 0.929. The zero-order valence-corrected chi connectivity index (χ0v) is 8.15. The van der Waals surface area contributed by atoms with Gasteiger partial charge in [0.15, 0.2) is 0 Å². The van der Waals surface area contributed by atoms with Crippen LogP contribution < -0.4 is 0 Å². The zero-order valence-electron chi connectivity index (χ0n) is 8.15. The molecule has 0 spiro atoms. The van der Waals surface area contributed by atoms with E-state index in [2.05, 4.69) is 36.4 Å². The van der Waals surface area contributed by atoms with Crippen LogP contribution in [0.15, 0.2) is 42.2 Å². The molecule has 0 radical (unpaired) electrons. The van der Waals surface area contributed by atoms with Crippen molar-refractivity contribution in [1.29, 1.82) is 0 Å². The fraction of sp³-hybridized carbons (Fsp3) is 0.385. The predicted octanol–water partition coefficient (Wildman–Crippen LogP) is 3.09. The third-order valence-corrected chi connectivity index (χ3v) is 3.27. The van der Waals surface area contributed by atoms with Gasteiger partial charge in [-0.05, 0) is 24.5 Å². The number of hydrogen-bond acceptors (Lipinski definition) is 1. The Hall–Kier alpha value is -1.24. The van der Waals surface area contributed by atoms with Crippen LogP contribution in [0.1, 0.15) is 24.3 Å². The van der Waals surface area contributed by atoms with Gasteiger partial charge in [0.05, 0.1) is 12.4 Å². The minimum atomic E-state index is 0.594. The molecular weight excluding hydrogens is 172 g/mol. The summed E-state index contributed by atoms with van der Waals surface area (Å²) < 4.78 is 5.59. The van der Waals surface area contributed by atoms with Gasteiger partial charge in [-0.1, -0.05) is 30.3 Å². The van der Waals surface area contributed by atoms with Crippen molar-refractivity contribution in [2.24, 2.45) is 5.92 Å². The molecule has 3 rings (SSSR count). The maximum Gasteiger partial charge on any atom is 0.0958 e. The standard InChI is InChI=1S/C13H14O/c1-2-4-10(5-3-1)12-8-11-6-7-14-13(11)9-12/h1-5,9,11-12H,6-8H2/t11-,12-/m0/s1. The maximum absolute atomic E-state index is 5.59. The number of ether oxygens (including phenoxy) is 1. The highest BCUT2D eigenvalue weighted by atomic mass is 16.5. The van der Waals surface area contributed by atoms with E-state index < -0.39 is 0 Å². The lowest BCUT2D eigenvalue weighted by molar-refractivity contribution is 0.261. The van der Waals surface area contributed by atoms with E-state index >= 15 is 0 Å². The van der Waals surface area contributed by atoms with Gasteiger partial charge in [0.2, 0.25) is 0 Å². The van der Waals surface area contributed by atoms with Crippen LogP contribution in [0.5, 0.6) is 0 Å². The van der Waals surface area contributed by atoms with Crippen LogP contribution in [0, 0.1) is 5.92 Å². The molecule has 1 heteroatoms. The Balaban J connectivity index is 1.87. The van der Waals surface area contributed by atoms with E-state index in [0.29, 0.717) is 11.8 Å². The van der Waals surface area contributed by atoms with Crippen LogP contribution in [-0.4, -0.2) is 6.61 Å². The van der Waals surface area contributed by atoms with Crippen molar-refractivity contribution in [2.75, 3.05) is 6.61 Å². The van der Waals surface area contributed by atoms with E-state index in [4.69, 9.17) is 4.74 Å². The molecule has 1 aromatic carbocycles. The van der Waals surface area contributed by atoms with Gasteiger partial charge < -0.3 is 4.74 Å². The highest BCUT2D eigenvalue weighted by molar-refractivity contribution is 5.29. The molecule has 0 aromatic heterocycles. The SMILES string of the molecule is C1=C2OCC[C@H]2C[C@@H]1c1ccccc1. The lowest BCUT2D eigenvalue weighted by Crippen LogP contribution is -1.96. The van der Waals surface area contributed by atoms with E-state index in [-0.39, 0.29) is 0 Å². The number of benzene rings is 1. The van der Waals surface area contributed by atoms with E-state index in [0.717, 1.165) is 6.61 Å². The van der Waals surface area contributed by atoms with Gasteiger partial charge in [0.1, 0.15) is 0 Å². The summed E-state index contributed by atoms with van der Waals surface area (Å²) in [6, 6.07) is 10.7. The van der Waals surface area contributed by atoms with Gasteiger partial charge in [-0.15, -0.1) is 0 Å². The lowest BCUT2D eigenvalue weighted by Gasteiger charge is -2.08. The predicted molar refractivity (Wildman–Crippen MR) is 55.9 cm³/mol. The minimum absolute atomic E-state index is 0.594. The fourth-order valence-electron chi connectivity index (χ4n) is 2.50. The second-order valence-electron chi connectivity index (χ2n) is 4.16. The first-order valence-corrected chi connectivity index (χ1v) is 5.33. The Bertz CT molecular complexity index is 353. The first-order chi connectivity index (χ1) is 6.93. The lowest BCUT2D eigenvalue weighted by atomic mass is 9.95. The topological polar surface area (TPSA) is 9.23 Å². The first-order valence-electron chi connectivity index (χ1n) is 5.33. The smallest absolute Gasteiger partial charge is 0.0958 e. The molecule has 14 heavy (non-hydrogen) atoms. The molecule has 0 amide bonds. The molecule has 72 valence electrons. The van der Waals surface area contributed by atoms with Crippen molar-refractivity contribution in [1.82, 2.24) is 0 Å². The molecule has 2 atom stereocenters. The van der Waals surface area contributed by atoms with Crippen molar-refractivity contribution < 1.29 is 4.74 Å². The van der Waals surface area contributed by atoms with Crippen molar-refractivity contribution in [3.05, 3.63) is 47.7 Å². The molecule has 0 N–H and O–H groups in total. The Kier molecular flexibility index (Phi) is 1.83. The monoisotopic (exact) mass is 186 g/mol. The van der Waals surface area contributed by atoms with Gasteiger partial charge in [0.25, 0.3) is 0 Å². The van der Waals surface area contributed by atoms with Crippen LogP contribution in [0.3, 0.4) is 0 Å². The van der Waals surface area contributed by atoms with Gasteiger partial charge in [-0.2, -0.15) is 0 Å². The van der Waals surface area contributed by atoms with Crippen LogP contribution >= 0.6 is 0 Å². The van der Waals surface area contributed by atoms with Crippen LogP contribution in [0.4, 0.5) is 0 Å². The molecule has 0 bridgehead atoms. The van der Waals surface area contributed by atoms with Crippen molar-refractivity contribution in [3.63, 3.8) is 0 Å².